The number of rotatable bonds is 6. The molecule has 3 rings (SSSR count). The molecule has 26 heavy (non-hydrogen) atoms. The molecule has 1 aliphatic rings. The number of carbonyl (C=O) groups excluding carboxylic acids is 2. The van der Waals surface area contributed by atoms with Crippen molar-refractivity contribution < 1.29 is 14.0 Å². The molecule has 6 nitrogen and oxygen atoms in total. The van der Waals surface area contributed by atoms with Crippen molar-refractivity contribution in [2.75, 3.05) is 13.1 Å². The highest BCUT2D eigenvalue weighted by molar-refractivity contribution is 8.26. The summed E-state index contributed by atoms with van der Waals surface area (Å²) in [5.41, 5.74) is 1.61. The average Bonchev–Trinajstić information content (AvgIpc) is 3.21. The summed E-state index contributed by atoms with van der Waals surface area (Å²) in [5.74, 6) is -0.960. The SMILES string of the molecule is O=C(CN1C(=O)C(=Cc2ccc(F)cc2)SC1=S)NCCc1cnc[nH]1. The number of aromatic amines is 1. The van der Waals surface area contributed by atoms with Crippen molar-refractivity contribution in [1.29, 1.82) is 0 Å². The lowest BCUT2D eigenvalue weighted by atomic mass is 10.2. The Kier molecular flexibility index (Phi) is 5.79. The van der Waals surface area contributed by atoms with Gasteiger partial charge in [0, 0.05) is 24.9 Å². The first-order chi connectivity index (χ1) is 12.5. The molecule has 0 bridgehead atoms. The summed E-state index contributed by atoms with van der Waals surface area (Å²) in [6.45, 7) is 0.301. The number of thiocarbonyl (C=S) groups is 1. The van der Waals surface area contributed by atoms with E-state index in [9.17, 15) is 14.0 Å². The molecule has 1 saturated heterocycles. The highest BCUT2D eigenvalue weighted by Crippen LogP contribution is 2.32. The first kappa shape index (κ1) is 18.3. The number of carbonyl (C=O) groups is 2. The lowest BCUT2D eigenvalue weighted by Gasteiger charge is -2.14. The van der Waals surface area contributed by atoms with Crippen LogP contribution in [0.5, 0.6) is 0 Å². The largest absolute Gasteiger partial charge is 0.354 e. The van der Waals surface area contributed by atoms with E-state index < -0.39 is 0 Å². The summed E-state index contributed by atoms with van der Waals surface area (Å²) in [4.78, 5) is 33.1. The summed E-state index contributed by atoms with van der Waals surface area (Å²) < 4.78 is 13.3. The number of hydrogen-bond acceptors (Lipinski definition) is 5. The third-order valence-corrected chi connectivity index (χ3v) is 4.99. The summed E-state index contributed by atoms with van der Waals surface area (Å²) in [7, 11) is 0. The van der Waals surface area contributed by atoms with Gasteiger partial charge >= 0.3 is 0 Å². The molecular formula is C17H15FN4O2S2. The summed E-state index contributed by atoms with van der Waals surface area (Å²) >= 11 is 6.33. The van der Waals surface area contributed by atoms with E-state index in [1.54, 1.807) is 30.7 Å². The Balaban J connectivity index is 1.56. The van der Waals surface area contributed by atoms with Crippen molar-refractivity contribution in [3.05, 3.63) is 58.8 Å². The van der Waals surface area contributed by atoms with Gasteiger partial charge in [0.15, 0.2) is 0 Å². The smallest absolute Gasteiger partial charge is 0.266 e. The number of hydrogen-bond donors (Lipinski definition) is 2. The maximum atomic E-state index is 13.0. The van der Waals surface area contributed by atoms with Crippen LogP contribution in [0.1, 0.15) is 11.3 Å². The molecule has 1 aromatic carbocycles. The van der Waals surface area contributed by atoms with E-state index in [1.807, 2.05) is 0 Å². The van der Waals surface area contributed by atoms with Gasteiger partial charge in [-0.2, -0.15) is 0 Å². The van der Waals surface area contributed by atoms with Crippen LogP contribution in [0.15, 0.2) is 41.7 Å². The van der Waals surface area contributed by atoms with Crippen LogP contribution in [0.4, 0.5) is 4.39 Å². The van der Waals surface area contributed by atoms with Gasteiger partial charge in [-0.05, 0) is 23.8 Å². The minimum atomic E-state index is -0.346. The van der Waals surface area contributed by atoms with E-state index in [4.69, 9.17) is 12.2 Å². The Morgan fingerprint density at radius 1 is 1.38 bits per heavy atom. The van der Waals surface area contributed by atoms with Gasteiger partial charge in [-0.3, -0.25) is 14.5 Å². The second kappa shape index (κ2) is 8.24. The lowest BCUT2D eigenvalue weighted by Crippen LogP contribution is -2.40. The second-order valence-electron chi connectivity index (χ2n) is 5.50. The maximum absolute atomic E-state index is 13.0. The van der Waals surface area contributed by atoms with E-state index in [1.165, 1.54) is 17.0 Å². The molecule has 0 radical (unpaired) electrons. The van der Waals surface area contributed by atoms with Crippen LogP contribution < -0.4 is 5.32 Å². The Morgan fingerprint density at radius 2 is 2.15 bits per heavy atom. The van der Waals surface area contributed by atoms with Gasteiger partial charge in [0.05, 0.1) is 11.2 Å². The zero-order chi connectivity index (χ0) is 18.5. The van der Waals surface area contributed by atoms with E-state index in [2.05, 4.69) is 15.3 Å². The molecule has 0 unspecified atom stereocenters. The first-order valence-corrected chi connectivity index (χ1v) is 9.00. The van der Waals surface area contributed by atoms with Gasteiger partial charge in [0.25, 0.3) is 5.91 Å². The number of nitrogens with zero attached hydrogens (tertiary/aromatic N) is 2. The molecule has 1 fully saturated rings. The van der Waals surface area contributed by atoms with E-state index >= 15 is 0 Å². The van der Waals surface area contributed by atoms with Gasteiger partial charge in [0.2, 0.25) is 5.91 Å². The van der Waals surface area contributed by atoms with Crippen LogP contribution in [0.25, 0.3) is 6.08 Å². The molecule has 0 atom stereocenters. The number of amides is 2. The van der Waals surface area contributed by atoms with Gasteiger partial charge in [-0.1, -0.05) is 36.1 Å². The molecule has 1 aliphatic heterocycles. The fraction of sp³-hybridized carbons (Fsp3) is 0.176. The number of benzene rings is 1. The third-order valence-electron chi connectivity index (χ3n) is 3.61. The monoisotopic (exact) mass is 390 g/mol. The zero-order valence-electron chi connectivity index (χ0n) is 13.6. The molecule has 2 heterocycles. The highest BCUT2D eigenvalue weighted by atomic mass is 32.2. The normalized spacial score (nSPS) is 15.7. The summed E-state index contributed by atoms with van der Waals surface area (Å²) in [6, 6.07) is 5.79. The van der Waals surface area contributed by atoms with Crippen molar-refractivity contribution in [2.24, 2.45) is 0 Å². The predicted molar refractivity (Wildman–Crippen MR) is 102 cm³/mol. The number of nitrogens with one attached hydrogen (secondary N) is 2. The predicted octanol–water partition coefficient (Wildman–Crippen LogP) is 2.11. The van der Waals surface area contributed by atoms with Gasteiger partial charge in [-0.25, -0.2) is 9.37 Å². The summed E-state index contributed by atoms with van der Waals surface area (Å²) in [5, 5.41) is 2.75. The van der Waals surface area contributed by atoms with Crippen molar-refractivity contribution >= 4 is 46.2 Å². The van der Waals surface area contributed by atoms with Crippen LogP contribution in [0.2, 0.25) is 0 Å². The number of imidazole rings is 1. The maximum Gasteiger partial charge on any atom is 0.266 e. The van der Waals surface area contributed by atoms with Gasteiger partial charge in [0.1, 0.15) is 16.7 Å². The van der Waals surface area contributed by atoms with Crippen molar-refractivity contribution in [3.63, 3.8) is 0 Å². The molecule has 0 saturated carbocycles. The Bertz CT molecular complexity index is 850. The molecule has 0 aliphatic carbocycles. The first-order valence-electron chi connectivity index (χ1n) is 7.78. The molecule has 2 amide bonds. The highest BCUT2D eigenvalue weighted by Gasteiger charge is 2.33. The standard InChI is InChI=1S/C17H15FN4O2S2/c18-12-3-1-11(2-4-12)7-14-16(24)22(17(25)26-14)9-15(23)20-6-5-13-8-19-10-21-13/h1-4,7-8,10H,5-6,9H2,(H,19,21)(H,20,23). The quantitative estimate of drug-likeness (QED) is 0.584. The van der Waals surface area contributed by atoms with Crippen molar-refractivity contribution in [1.82, 2.24) is 20.2 Å². The number of thioether (sulfide) groups is 1. The van der Waals surface area contributed by atoms with Crippen LogP contribution in [0.3, 0.4) is 0 Å². The molecule has 2 N–H and O–H groups in total. The van der Waals surface area contributed by atoms with Crippen LogP contribution in [0, 0.1) is 5.82 Å². The van der Waals surface area contributed by atoms with E-state index in [0.29, 0.717) is 27.8 Å². The fourth-order valence-corrected chi connectivity index (χ4v) is 3.56. The molecule has 134 valence electrons. The fourth-order valence-electron chi connectivity index (χ4n) is 2.30. The molecule has 1 aromatic heterocycles. The number of aromatic nitrogens is 2. The molecular weight excluding hydrogens is 375 g/mol. The Labute approximate surface area is 158 Å². The van der Waals surface area contributed by atoms with Crippen molar-refractivity contribution in [2.45, 2.75) is 6.42 Å². The lowest BCUT2D eigenvalue weighted by molar-refractivity contribution is -0.128. The summed E-state index contributed by atoms with van der Waals surface area (Å²) in [6.07, 6.45) is 5.52. The topological polar surface area (TPSA) is 78.1 Å². The van der Waals surface area contributed by atoms with E-state index in [0.717, 1.165) is 17.5 Å². The zero-order valence-corrected chi connectivity index (χ0v) is 15.2. The molecule has 9 heteroatoms. The molecule has 2 aromatic rings. The second-order valence-corrected chi connectivity index (χ2v) is 7.17. The van der Waals surface area contributed by atoms with Crippen LogP contribution in [-0.2, 0) is 16.0 Å². The number of H-pyrrole nitrogens is 1. The number of halogens is 1. The van der Waals surface area contributed by atoms with Gasteiger partial charge in [-0.15, -0.1) is 0 Å². The average molecular weight is 390 g/mol. The van der Waals surface area contributed by atoms with E-state index in [-0.39, 0.29) is 24.2 Å². The van der Waals surface area contributed by atoms with Crippen molar-refractivity contribution in [3.8, 4) is 0 Å². The minimum Gasteiger partial charge on any atom is -0.354 e. The van der Waals surface area contributed by atoms with Gasteiger partial charge < -0.3 is 10.3 Å². The molecule has 0 spiro atoms. The minimum absolute atomic E-state index is 0.131. The Morgan fingerprint density at radius 3 is 2.85 bits per heavy atom. The Hall–Kier alpha value is -2.52. The van der Waals surface area contributed by atoms with Crippen LogP contribution >= 0.6 is 24.0 Å². The third kappa shape index (κ3) is 4.55. The van der Waals surface area contributed by atoms with Crippen LogP contribution in [-0.4, -0.2) is 44.1 Å².